The molecule has 4 nitrogen and oxygen atoms in total. The van der Waals surface area contributed by atoms with Crippen LogP contribution >= 0.6 is 0 Å². The summed E-state index contributed by atoms with van der Waals surface area (Å²) in [6.07, 6.45) is 2.31. The second-order valence-corrected chi connectivity index (χ2v) is 6.13. The van der Waals surface area contributed by atoms with E-state index in [-0.39, 0.29) is 18.6 Å². The number of hydrogen-bond donors (Lipinski definition) is 1. The van der Waals surface area contributed by atoms with E-state index in [4.69, 9.17) is 9.47 Å². The van der Waals surface area contributed by atoms with Gasteiger partial charge in [-0.2, -0.15) is 0 Å². The van der Waals surface area contributed by atoms with Crippen LogP contribution in [-0.2, 0) is 16.1 Å². The van der Waals surface area contributed by atoms with Crippen LogP contribution in [0, 0.1) is 5.92 Å². The topological polar surface area (TPSA) is 47.6 Å². The SMILES string of the molecule is COc1ccc(C(NC(=O)COCc2ccccc2)C2CC2)cc1. The zero-order valence-electron chi connectivity index (χ0n) is 13.9. The number of amides is 1. The molecule has 2 aromatic carbocycles. The van der Waals surface area contributed by atoms with Crippen molar-refractivity contribution in [3.63, 3.8) is 0 Å². The van der Waals surface area contributed by atoms with Gasteiger partial charge in [0, 0.05) is 0 Å². The van der Waals surface area contributed by atoms with Crippen molar-refractivity contribution in [2.45, 2.75) is 25.5 Å². The van der Waals surface area contributed by atoms with Crippen LogP contribution in [0.1, 0.15) is 30.0 Å². The minimum atomic E-state index is -0.0707. The molecular formula is C20H23NO3. The Bertz CT molecular complexity index is 650. The highest BCUT2D eigenvalue weighted by Crippen LogP contribution is 2.41. The number of ether oxygens (including phenoxy) is 2. The van der Waals surface area contributed by atoms with E-state index >= 15 is 0 Å². The van der Waals surface area contributed by atoms with Gasteiger partial charge in [0.2, 0.25) is 5.91 Å². The van der Waals surface area contributed by atoms with Gasteiger partial charge in [-0.15, -0.1) is 0 Å². The lowest BCUT2D eigenvalue weighted by atomic mass is 10.0. The Balaban J connectivity index is 1.52. The largest absolute Gasteiger partial charge is 0.497 e. The maximum absolute atomic E-state index is 12.2. The summed E-state index contributed by atoms with van der Waals surface area (Å²) in [6, 6.07) is 17.8. The number of nitrogens with one attached hydrogen (secondary N) is 1. The van der Waals surface area contributed by atoms with Crippen molar-refractivity contribution in [1.29, 1.82) is 0 Å². The van der Waals surface area contributed by atoms with E-state index in [1.54, 1.807) is 7.11 Å². The van der Waals surface area contributed by atoms with E-state index in [0.717, 1.165) is 29.7 Å². The summed E-state index contributed by atoms with van der Waals surface area (Å²) in [5.74, 6) is 1.28. The smallest absolute Gasteiger partial charge is 0.246 e. The first-order chi connectivity index (χ1) is 11.8. The fourth-order valence-electron chi connectivity index (χ4n) is 2.77. The van der Waals surface area contributed by atoms with Gasteiger partial charge in [0.25, 0.3) is 0 Å². The Hall–Kier alpha value is -2.33. The highest BCUT2D eigenvalue weighted by atomic mass is 16.5. The van der Waals surface area contributed by atoms with Gasteiger partial charge in [0.1, 0.15) is 12.4 Å². The van der Waals surface area contributed by atoms with Crippen LogP contribution in [0.5, 0.6) is 5.75 Å². The minimum absolute atomic E-state index is 0.0590. The molecule has 1 aliphatic carbocycles. The van der Waals surface area contributed by atoms with Gasteiger partial charge in [-0.05, 0) is 42.0 Å². The Morgan fingerprint density at radius 1 is 1.12 bits per heavy atom. The Morgan fingerprint density at radius 2 is 1.83 bits per heavy atom. The number of hydrogen-bond acceptors (Lipinski definition) is 3. The third-order valence-corrected chi connectivity index (χ3v) is 4.23. The standard InChI is InChI=1S/C20H23NO3/c1-23-18-11-9-17(10-12-18)20(16-7-8-16)21-19(22)14-24-13-15-5-3-2-4-6-15/h2-6,9-12,16,20H,7-8,13-14H2,1H3,(H,21,22). The molecule has 1 fully saturated rings. The lowest BCUT2D eigenvalue weighted by Gasteiger charge is -2.19. The summed E-state index contributed by atoms with van der Waals surface area (Å²) in [6.45, 7) is 0.527. The van der Waals surface area contributed by atoms with Crippen LogP contribution < -0.4 is 10.1 Å². The molecule has 2 aromatic rings. The lowest BCUT2D eigenvalue weighted by molar-refractivity contribution is -0.127. The third kappa shape index (κ3) is 4.59. The Labute approximate surface area is 142 Å². The summed E-state index contributed by atoms with van der Waals surface area (Å²) in [4.78, 5) is 12.2. The van der Waals surface area contributed by atoms with Crippen LogP contribution in [0.25, 0.3) is 0 Å². The molecule has 0 saturated heterocycles. The highest BCUT2D eigenvalue weighted by molar-refractivity contribution is 5.77. The first-order valence-corrected chi connectivity index (χ1v) is 8.31. The zero-order chi connectivity index (χ0) is 16.8. The molecule has 1 N–H and O–H groups in total. The molecule has 0 spiro atoms. The fourth-order valence-corrected chi connectivity index (χ4v) is 2.77. The van der Waals surface area contributed by atoms with Crippen LogP contribution in [0.4, 0.5) is 0 Å². The van der Waals surface area contributed by atoms with Crippen LogP contribution in [0.3, 0.4) is 0 Å². The molecule has 1 amide bonds. The number of methoxy groups -OCH3 is 1. The molecule has 1 aliphatic rings. The van der Waals surface area contributed by atoms with E-state index in [2.05, 4.69) is 5.32 Å². The van der Waals surface area contributed by atoms with Crippen LogP contribution in [0.2, 0.25) is 0 Å². The molecule has 24 heavy (non-hydrogen) atoms. The maximum Gasteiger partial charge on any atom is 0.246 e. The molecule has 0 heterocycles. The summed E-state index contributed by atoms with van der Waals surface area (Å²) in [7, 11) is 1.65. The predicted octanol–water partition coefficient (Wildman–Crippen LogP) is 3.48. The normalized spacial score (nSPS) is 14.9. The van der Waals surface area contributed by atoms with E-state index in [1.807, 2.05) is 54.6 Å². The molecule has 1 unspecified atom stereocenters. The predicted molar refractivity (Wildman–Crippen MR) is 92.7 cm³/mol. The van der Waals surface area contributed by atoms with Crippen LogP contribution in [-0.4, -0.2) is 19.6 Å². The third-order valence-electron chi connectivity index (χ3n) is 4.23. The van der Waals surface area contributed by atoms with E-state index in [1.165, 1.54) is 0 Å². The van der Waals surface area contributed by atoms with Crippen molar-refractivity contribution in [2.24, 2.45) is 5.92 Å². The van der Waals surface area contributed by atoms with Gasteiger partial charge in [0.05, 0.1) is 19.8 Å². The summed E-state index contributed by atoms with van der Waals surface area (Å²) < 4.78 is 10.7. The van der Waals surface area contributed by atoms with Gasteiger partial charge < -0.3 is 14.8 Å². The average molecular weight is 325 g/mol. The average Bonchev–Trinajstić information content (AvgIpc) is 3.46. The summed E-state index contributed by atoms with van der Waals surface area (Å²) in [5, 5.41) is 3.11. The van der Waals surface area contributed by atoms with Crippen LogP contribution in [0.15, 0.2) is 54.6 Å². The Morgan fingerprint density at radius 3 is 2.46 bits per heavy atom. The van der Waals surface area contributed by atoms with E-state index in [0.29, 0.717) is 12.5 Å². The van der Waals surface area contributed by atoms with Crippen molar-refractivity contribution in [2.75, 3.05) is 13.7 Å². The lowest BCUT2D eigenvalue weighted by Crippen LogP contribution is -2.32. The quantitative estimate of drug-likeness (QED) is 0.808. The zero-order valence-corrected chi connectivity index (χ0v) is 13.9. The van der Waals surface area contributed by atoms with Crippen molar-refractivity contribution >= 4 is 5.91 Å². The molecule has 4 heteroatoms. The van der Waals surface area contributed by atoms with E-state index in [9.17, 15) is 4.79 Å². The van der Waals surface area contributed by atoms with Crippen molar-refractivity contribution in [3.05, 3.63) is 65.7 Å². The number of rotatable bonds is 8. The molecule has 0 aromatic heterocycles. The summed E-state index contributed by atoms with van der Waals surface area (Å²) in [5.41, 5.74) is 2.19. The van der Waals surface area contributed by atoms with Gasteiger partial charge in [0.15, 0.2) is 0 Å². The molecular weight excluding hydrogens is 302 g/mol. The first-order valence-electron chi connectivity index (χ1n) is 8.31. The first kappa shape index (κ1) is 16.5. The van der Waals surface area contributed by atoms with Gasteiger partial charge in [-0.25, -0.2) is 0 Å². The van der Waals surface area contributed by atoms with Gasteiger partial charge in [-0.3, -0.25) is 4.79 Å². The fraction of sp³-hybridized carbons (Fsp3) is 0.350. The second-order valence-electron chi connectivity index (χ2n) is 6.13. The van der Waals surface area contributed by atoms with Crippen molar-refractivity contribution in [1.82, 2.24) is 5.32 Å². The number of benzene rings is 2. The molecule has 1 atom stereocenters. The molecule has 0 bridgehead atoms. The molecule has 0 aliphatic heterocycles. The van der Waals surface area contributed by atoms with Crippen molar-refractivity contribution < 1.29 is 14.3 Å². The van der Waals surface area contributed by atoms with Crippen molar-refractivity contribution in [3.8, 4) is 5.75 Å². The molecule has 3 rings (SSSR count). The van der Waals surface area contributed by atoms with Gasteiger partial charge >= 0.3 is 0 Å². The number of carbonyl (C=O) groups is 1. The summed E-state index contributed by atoms with van der Waals surface area (Å²) >= 11 is 0. The molecule has 1 saturated carbocycles. The second kappa shape index (κ2) is 7.97. The molecule has 126 valence electrons. The molecule has 0 radical (unpaired) electrons. The maximum atomic E-state index is 12.2. The monoisotopic (exact) mass is 325 g/mol. The van der Waals surface area contributed by atoms with E-state index < -0.39 is 0 Å². The van der Waals surface area contributed by atoms with Gasteiger partial charge in [-0.1, -0.05) is 42.5 Å². The highest BCUT2D eigenvalue weighted by Gasteiger charge is 2.33. The minimum Gasteiger partial charge on any atom is -0.497 e. The Kier molecular flexibility index (Phi) is 5.49. The number of carbonyl (C=O) groups excluding carboxylic acids is 1.